The first-order valence-corrected chi connectivity index (χ1v) is 6.99. The smallest absolute Gasteiger partial charge is 0.279 e. The van der Waals surface area contributed by atoms with Crippen molar-refractivity contribution in [2.75, 3.05) is 7.11 Å². The molecule has 1 amide bonds. The van der Waals surface area contributed by atoms with Gasteiger partial charge < -0.3 is 4.74 Å². The predicted octanol–water partition coefficient (Wildman–Crippen LogP) is 2.60. The minimum atomic E-state index is -0.585. The fourth-order valence-corrected chi connectivity index (χ4v) is 3.17. The minimum absolute atomic E-state index is 0.0664. The SMILES string of the molecule is COc1ccc([N+](=O)[O-])c(C2=NN(C(C)=O)C(C)(C)S2)c1. The van der Waals surface area contributed by atoms with E-state index in [4.69, 9.17) is 4.74 Å². The summed E-state index contributed by atoms with van der Waals surface area (Å²) in [5.41, 5.74) is 0.282. The number of amides is 1. The van der Waals surface area contributed by atoms with Gasteiger partial charge in [0.1, 0.15) is 15.7 Å². The van der Waals surface area contributed by atoms with Gasteiger partial charge in [-0.25, -0.2) is 5.01 Å². The molecule has 1 aromatic carbocycles. The average molecular weight is 309 g/mol. The van der Waals surface area contributed by atoms with Crippen LogP contribution in [0.25, 0.3) is 0 Å². The quantitative estimate of drug-likeness (QED) is 0.633. The Morgan fingerprint density at radius 1 is 1.48 bits per heavy atom. The van der Waals surface area contributed by atoms with Crippen LogP contribution < -0.4 is 4.74 Å². The highest BCUT2D eigenvalue weighted by Crippen LogP contribution is 2.41. The van der Waals surface area contributed by atoms with Crippen molar-refractivity contribution in [1.29, 1.82) is 0 Å². The van der Waals surface area contributed by atoms with Crippen LogP contribution >= 0.6 is 11.8 Å². The number of hydrazone groups is 1. The highest BCUT2D eigenvalue weighted by molar-refractivity contribution is 8.15. The Kier molecular flexibility index (Phi) is 3.91. The van der Waals surface area contributed by atoms with E-state index in [0.717, 1.165) is 0 Å². The van der Waals surface area contributed by atoms with Crippen molar-refractivity contribution in [3.8, 4) is 5.75 Å². The van der Waals surface area contributed by atoms with E-state index >= 15 is 0 Å². The van der Waals surface area contributed by atoms with Gasteiger partial charge >= 0.3 is 0 Å². The summed E-state index contributed by atoms with van der Waals surface area (Å²) in [6, 6.07) is 4.46. The molecule has 0 saturated carbocycles. The molecule has 0 aliphatic carbocycles. The highest BCUT2D eigenvalue weighted by Gasteiger charge is 2.39. The van der Waals surface area contributed by atoms with Gasteiger partial charge in [-0.3, -0.25) is 14.9 Å². The third-order valence-electron chi connectivity index (χ3n) is 2.98. The maximum Gasteiger partial charge on any atom is 0.279 e. The number of nitro groups is 1. The van der Waals surface area contributed by atoms with Crippen LogP contribution in [0.1, 0.15) is 26.3 Å². The van der Waals surface area contributed by atoms with Gasteiger partial charge in [-0.2, -0.15) is 5.10 Å². The number of hydrogen-bond donors (Lipinski definition) is 0. The van der Waals surface area contributed by atoms with Gasteiger partial charge in [0.2, 0.25) is 5.91 Å². The van der Waals surface area contributed by atoms with Crippen LogP contribution in [-0.2, 0) is 4.79 Å². The number of methoxy groups -OCH3 is 1. The zero-order valence-corrected chi connectivity index (χ0v) is 12.9. The maximum atomic E-state index is 11.6. The van der Waals surface area contributed by atoms with Gasteiger partial charge in [0.25, 0.3) is 5.69 Å². The molecule has 1 aliphatic rings. The Hall–Kier alpha value is -2.09. The van der Waals surface area contributed by atoms with Crippen LogP contribution in [-0.4, -0.2) is 32.9 Å². The molecular formula is C13H15N3O4S. The molecule has 0 atom stereocenters. The first-order valence-electron chi connectivity index (χ1n) is 6.17. The third kappa shape index (κ3) is 2.85. The van der Waals surface area contributed by atoms with Crippen LogP contribution in [0.5, 0.6) is 5.75 Å². The van der Waals surface area contributed by atoms with Crippen LogP contribution in [0, 0.1) is 10.1 Å². The molecule has 0 unspecified atom stereocenters. The normalized spacial score (nSPS) is 16.6. The standard InChI is InChI=1S/C13H15N3O4S/c1-8(17)15-13(2,3)21-12(14-15)10-7-9(20-4)5-6-11(10)16(18)19/h5-7H,1-4H3. The van der Waals surface area contributed by atoms with E-state index in [2.05, 4.69) is 5.10 Å². The number of carbonyl (C=O) groups is 1. The second kappa shape index (κ2) is 5.36. The molecule has 0 spiro atoms. The Morgan fingerprint density at radius 3 is 2.62 bits per heavy atom. The van der Waals surface area contributed by atoms with Gasteiger partial charge in [0, 0.05) is 13.0 Å². The Labute approximate surface area is 126 Å². The van der Waals surface area contributed by atoms with Gasteiger partial charge in [0.05, 0.1) is 17.6 Å². The largest absolute Gasteiger partial charge is 0.497 e. The molecule has 7 nitrogen and oxygen atoms in total. The van der Waals surface area contributed by atoms with Crippen LogP contribution in [0.2, 0.25) is 0 Å². The molecule has 8 heteroatoms. The molecule has 1 heterocycles. The van der Waals surface area contributed by atoms with Crippen LogP contribution in [0.3, 0.4) is 0 Å². The summed E-state index contributed by atoms with van der Waals surface area (Å²) in [5, 5.41) is 17.2. The molecule has 0 bridgehead atoms. The van der Waals surface area contributed by atoms with E-state index in [-0.39, 0.29) is 11.6 Å². The van der Waals surface area contributed by atoms with Crippen molar-refractivity contribution < 1.29 is 14.5 Å². The fraction of sp³-hybridized carbons (Fsp3) is 0.385. The average Bonchev–Trinajstić information content (AvgIpc) is 2.73. The second-order valence-corrected chi connectivity index (χ2v) is 6.51. The molecule has 2 rings (SSSR count). The van der Waals surface area contributed by atoms with E-state index in [1.54, 1.807) is 6.07 Å². The van der Waals surface area contributed by atoms with Gasteiger partial charge in [-0.15, -0.1) is 0 Å². The fourth-order valence-electron chi connectivity index (χ4n) is 2.04. The summed E-state index contributed by atoms with van der Waals surface area (Å²) < 4.78 is 5.11. The zero-order valence-electron chi connectivity index (χ0n) is 12.1. The number of nitro benzene ring substituents is 1. The number of nitrogens with zero attached hydrogens (tertiary/aromatic N) is 3. The van der Waals surface area contributed by atoms with E-state index in [9.17, 15) is 14.9 Å². The predicted molar refractivity (Wildman–Crippen MR) is 80.4 cm³/mol. The number of benzene rings is 1. The zero-order chi connectivity index (χ0) is 15.8. The molecular weight excluding hydrogens is 294 g/mol. The number of thioether (sulfide) groups is 1. The lowest BCUT2D eigenvalue weighted by atomic mass is 10.2. The number of ether oxygens (including phenoxy) is 1. The minimum Gasteiger partial charge on any atom is -0.497 e. The maximum absolute atomic E-state index is 11.6. The van der Waals surface area contributed by atoms with Crippen molar-refractivity contribution in [1.82, 2.24) is 5.01 Å². The van der Waals surface area contributed by atoms with Crippen molar-refractivity contribution in [2.45, 2.75) is 25.6 Å². The van der Waals surface area contributed by atoms with Gasteiger partial charge in [-0.05, 0) is 26.0 Å². The summed E-state index contributed by atoms with van der Waals surface area (Å²) in [7, 11) is 1.49. The molecule has 1 aromatic rings. The Balaban J connectivity index is 2.54. The van der Waals surface area contributed by atoms with E-state index < -0.39 is 9.79 Å². The highest BCUT2D eigenvalue weighted by atomic mass is 32.2. The van der Waals surface area contributed by atoms with Gasteiger partial charge in [0.15, 0.2) is 0 Å². The number of carbonyl (C=O) groups excluding carboxylic acids is 1. The molecule has 0 aromatic heterocycles. The van der Waals surface area contributed by atoms with Crippen molar-refractivity contribution in [2.24, 2.45) is 5.10 Å². The Morgan fingerprint density at radius 2 is 2.14 bits per heavy atom. The monoisotopic (exact) mass is 309 g/mol. The van der Waals surface area contributed by atoms with E-state index in [1.807, 2.05) is 13.8 Å². The lowest BCUT2D eigenvalue weighted by Crippen LogP contribution is -2.36. The Bertz CT molecular complexity index is 642. The van der Waals surface area contributed by atoms with Crippen LogP contribution in [0.4, 0.5) is 5.69 Å². The molecule has 0 saturated heterocycles. The number of rotatable bonds is 3. The third-order valence-corrected chi connectivity index (χ3v) is 4.14. The summed E-state index contributed by atoms with van der Waals surface area (Å²) in [6.45, 7) is 5.08. The molecule has 1 aliphatic heterocycles. The van der Waals surface area contributed by atoms with E-state index in [0.29, 0.717) is 16.4 Å². The summed E-state index contributed by atoms with van der Waals surface area (Å²) in [6.07, 6.45) is 0. The van der Waals surface area contributed by atoms with E-state index in [1.165, 1.54) is 42.9 Å². The topological polar surface area (TPSA) is 85.0 Å². The number of hydrogen-bond acceptors (Lipinski definition) is 6. The van der Waals surface area contributed by atoms with Crippen molar-refractivity contribution >= 4 is 28.4 Å². The lowest BCUT2D eigenvalue weighted by Gasteiger charge is -2.25. The summed E-state index contributed by atoms with van der Waals surface area (Å²) in [4.78, 5) is 21.7. The summed E-state index contributed by atoms with van der Waals surface area (Å²) in [5.74, 6) is 0.283. The molecule has 21 heavy (non-hydrogen) atoms. The van der Waals surface area contributed by atoms with Crippen LogP contribution in [0.15, 0.2) is 23.3 Å². The van der Waals surface area contributed by atoms with Gasteiger partial charge in [-0.1, -0.05) is 11.8 Å². The van der Waals surface area contributed by atoms with Crippen molar-refractivity contribution in [3.05, 3.63) is 33.9 Å². The second-order valence-electron chi connectivity index (χ2n) is 4.92. The molecule has 0 N–H and O–H groups in total. The first-order chi connectivity index (χ1) is 9.76. The van der Waals surface area contributed by atoms with Crippen molar-refractivity contribution in [3.63, 3.8) is 0 Å². The first kappa shape index (κ1) is 15.3. The molecule has 0 radical (unpaired) electrons. The molecule has 0 fully saturated rings. The molecule has 112 valence electrons. The summed E-state index contributed by atoms with van der Waals surface area (Å²) >= 11 is 1.30. The lowest BCUT2D eigenvalue weighted by molar-refractivity contribution is -0.385.